The molecule has 0 amide bonds. The minimum atomic E-state index is -0.661. The van der Waals surface area contributed by atoms with Crippen LogP contribution in [-0.4, -0.2) is 15.0 Å². The minimum absolute atomic E-state index is 0.121. The van der Waals surface area contributed by atoms with Gasteiger partial charge in [0.1, 0.15) is 5.82 Å². The van der Waals surface area contributed by atoms with Gasteiger partial charge in [-0.05, 0) is 24.6 Å². The second-order valence-corrected chi connectivity index (χ2v) is 4.09. The van der Waals surface area contributed by atoms with Crippen LogP contribution in [0.4, 0.5) is 10.1 Å². The Balaban J connectivity index is 2.39. The lowest BCUT2D eigenvalue weighted by molar-refractivity contribution is -0.385. The SMILES string of the molecule is Cc1cc(CO)cnc1Oc1cc(F)ccc1[N+](=O)[O-]. The van der Waals surface area contributed by atoms with E-state index >= 15 is 0 Å². The second-order valence-electron chi connectivity index (χ2n) is 4.09. The Morgan fingerprint density at radius 1 is 1.45 bits per heavy atom. The van der Waals surface area contributed by atoms with Crippen molar-refractivity contribution in [1.29, 1.82) is 0 Å². The first-order valence-corrected chi connectivity index (χ1v) is 5.69. The summed E-state index contributed by atoms with van der Waals surface area (Å²) >= 11 is 0. The van der Waals surface area contributed by atoms with E-state index in [1.54, 1.807) is 13.0 Å². The van der Waals surface area contributed by atoms with E-state index in [0.29, 0.717) is 11.1 Å². The normalized spacial score (nSPS) is 10.3. The molecule has 0 unspecified atom stereocenters. The fraction of sp³-hybridized carbons (Fsp3) is 0.154. The van der Waals surface area contributed by atoms with Crippen molar-refractivity contribution in [2.24, 2.45) is 0 Å². The molecule has 7 heteroatoms. The first-order valence-electron chi connectivity index (χ1n) is 5.69. The molecule has 0 saturated heterocycles. The topological polar surface area (TPSA) is 85.5 Å². The summed E-state index contributed by atoms with van der Waals surface area (Å²) in [6.07, 6.45) is 1.38. The quantitative estimate of drug-likeness (QED) is 0.686. The number of halogens is 1. The van der Waals surface area contributed by atoms with Crippen LogP contribution < -0.4 is 4.74 Å². The number of rotatable bonds is 4. The van der Waals surface area contributed by atoms with Crippen molar-refractivity contribution < 1.29 is 19.2 Å². The van der Waals surface area contributed by atoms with Gasteiger partial charge in [0.05, 0.1) is 11.5 Å². The first-order chi connectivity index (χ1) is 9.51. The number of aryl methyl sites for hydroxylation is 1. The van der Waals surface area contributed by atoms with Crippen molar-refractivity contribution in [2.75, 3.05) is 0 Å². The maximum Gasteiger partial charge on any atom is 0.311 e. The Bertz CT molecular complexity index is 661. The summed E-state index contributed by atoms with van der Waals surface area (Å²) < 4.78 is 18.5. The number of nitrogens with zero attached hydrogens (tertiary/aromatic N) is 2. The van der Waals surface area contributed by atoms with Crippen LogP contribution in [0.5, 0.6) is 11.6 Å². The molecule has 104 valence electrons. The van der Waals surface area contributed by atoms with E-state index in [2.05, 4.69) is 4.98 Å². The molecule has 0 aliphatic carbocycles. The molecule has 0 saturated carbocycles. The Morgan fingerprint density at radius 3 is 2.80 bits per heavy atom. The molecule has 0 bridgehead atoms. The Morgan fingerprint density at radius 2 is 2.20 bits per heavy atom. The summed E-state index contributed by atoms with van der Waals surface area (Å²) in [4.78, 5) is 14.1. The highest BCUT2D eigenvalue weighted by molar-refractivity contribution is 5.48. The third kappa shape index (κ3) is 2.89. The van der Waals surface area contributed by atoms with Crippen LogP contribution in [0.15, 0.2) is 30.5 Å². The van der Waals surface area contributed by atoms with Gasteiger partial charge >= 0.3 is 5.69 Å². The van der Waals surface area contributed by atoms with E-state index in [1.807, 2.05) is 0 Å². The highest BCUT2D eigenvalue weighted by atomic mass is 19.1. The van der Waals surface area contributed by atoms with Crippen LogP contribution in [0.2, 0.25) is 0 Å². The number of aliphatic hydroxyl groups excluding tert-OH is 1. The monoisotopic (exact) mass is 278 g/mol. The molecule has 0 spiro atoms. The van der Waals surface area contributed by atoms with Crippen LogP contribution in [0.25, 0.3) is 0 Å². The van der Waals surface area contributed by atoms with Crippen LogP contribution in [0.1, 0.15) is 11.1 Å². The lowest BCUT2D eigenvalue weighted by Gasteiger charge is -2.08. The molecule has 0 aliphatic rings. The summed E-state index contributed by atoms with van der Waals surface area (Å²) in [5.41, 5.74) is 0.817. The number of pyridine rings is 1. The maximum absolute atomic E-state index is 13.2. The molecule has 0 aliphatic heterocycles. The smallest absolute Gasteiger partial charge is 0.311 e. The van der Waals surface area contributed by atoms with E-state index in [9.17, 15) is 14.5 Å². The molecule has 0 atom stereocenters. The highest BCUT2D eigenvalue weighted by Gasteiger charge is 2.18. The van der Waals surface area contributed by atoms with Crippen LogP contribution in [0, 0.1) is 22.9 Å². The molecule has 20 heavy (non-hydrogen) atoms. The minimum Gasteiger partial charge on any atom is -0.431 e. The number of nitro benzene ring substituents is 1. The van der Waals surface area contributed by atoms with Crippen molar-refractivity contribution in [3.63, 3.8) is 0 Å². The molecule has 1 aromatic carbocycles. The molecule has 1 heterocycles. The first kappa shape index (κ1) is 13.9. The Kier molecular flexibility index (Phi) is 3.90. The fourth-order valence-electron chi connectivity index (χ4n) is 1.64. The summed E-state index contributed by atoms with van der Waals surface area (Å²) in [5.74, 6) is -0.742. The van der Waals surface area contributed by atoms with Gasteiger partial charge in [0.2, 0.25) is 11.6 Å². The van der Waals surface area contributed by atoms with Crippen molar-refractivity contribution in [2.45, 2.75) is 13.5 Å². The van der Waals surface area contributed by atoms with Gasteiger partial charge < -0.3 is 9.84 Å². The van der Waals surface area contributed by atoms with Crippen LogP contribution in [0.3, 0.4) is 0 Å². The summed E-state index contributed by atoms with van der Waals surface area (Å²) in [6.45, 7) is 1.50. The molecule has 1 aromatic heterocycles. The molecule has 1 N–H and O–H groups in total. The van der Waals surface area contributed by atoms with E-state index < -0.39 is 10.7 Å². The van der Waals surface area contributed by atoms with Gasteiger partial charge in [-0.3, -0.25) is 10.1 Å². The number of hydrogen-bond donors (Lipinski definition) is 1. The van der Waals surface area contributed by atoms with Crippen molar-refractivity contribution in [3.05, 3.63) is 57.5 Å². The zero-order valence-electron chi connectivity index (χ0n) is 10.5. The van der Waals surface area contributed by atoms with E-state index in [4.69, 9.17) is 9.84 Å². The summed E-state index contributed by atoms with van der Waals surface area (Å²) in [5, 5.41) is 19.8. The molecule has 0 radical (unpaired) electrons. The van der Waals surface area contributed by atoms with Gasteiger partial charge in [-0.25, -0.2) is 9.37 Å². The number of nitro groups is 1. The zero-order valence-corrected chi connectivity index (χ0v) is 10.5. The van der Waals surface area contributed by atoms with Crippen molar-refractivity contribution in [3.8, 4) is 11.6 Å². The van der Waals surface area contributed by atoms with E-state index in [-0.39, 0.29) is 23.9 Å². The zero-order chi connectivity index (χ0) is 14.7. The van der Waals surface area contributed by atoms with Gasteiger partial charge in [-0.1, -0.05) is 0 Å². The van der Waals surface area contributed by atoms with Gasteiger partial charge in [0, 0.05) is 23.9 Å². The lowest BCUT2D eigenvalue weighted by Crippen LogP contribution is -1.98. The van der Waals surface area contributed by atoms with Crippen molar-refractivity contribution >= 4 is 5.69 Å². The Hall–Kier alpha value is -2.54. The average molecular weight is 278 g/mol. The molecular weight excluding hydrogens is 267 g/mol. The fourth-order valence-corrected chi connectivity index (χ4v) is 1.64. The molecule has 2 aromatic rings. The Labute approximate surface area is 113 Å². The number of hydrogen-bond acceptors (Lipinski definition) is 5. The van der Waals surface area contributed by atoms with Gasteiger partial charge in [0.25, 0.3) is 0 Å². The third-order valence-electron chi connectivity index (χ3n) is 2.59. The predicted octanol–water partition coefficient (Wildman–Crippen LogP) is 2.72. The van der Waals surface area contributed by atoms with Gasteiger partial charge in [0.15, 0.2) is 0 Å². The van der Waals surface area contributed by atoms with Gasteiger partial charge in [-0.15, -0.1) is 0 Å². The molecule has 0 fully saturated rings. The summed E-state index contributed by atoms with van der Waals surface area (Å²) in [6, 6.07) is 4.58. The van der Waals surface area contributed by atoms with E-state index in [0.717, 1.165) is 18.2 Å². The number of benzene rings is 1. The maximum atomic E-state index is 13.2. The van der Waals surface area contributed by atoms with Crippen LogP contribution >= 0.6 is 0 Å². The number of aromatic nitrogens is 1. The largest absolute Gasteiger partial charge is 0.431 e. The van der Waals surface area contributed by atoms with E-state index in [1.165, 1.54) is 6.20 Å². The average Bonchev–Trinajstić information content (AvgIpc) is 2.40. The van der Waals surface area contributed by atoms with Crippen molar-refractivity contribution in [1.82, 2.24) is 4.98 Å². The van der Waals surface area contributed by atoms with Crippen LogP contribution in [-0.2, 0) is 6.61 Å². The third-order valence-corrected chi connectivity index (χ3v) is 2.59. The summed E-state index contributed by atoms with van der Waals surface area (Å²) in [7, 11) is 0. The van der Waals surface area contributed by atoms with Gasteiger partial charge in [-0.2, -0.15) is 0 Å². The number of ether oxygens (including phenoxy) is 1. The molecule has 6 nitrogen and oxygen atoms in total. The standard InChI is InChI=1S/C13H11FN2O4/c1-8-4-9(7-17)6-15-13(8)20-12-5-10(14)2-3-11(12)16(18)19/h2-6,17H,7H2,1H3. The number of aliphatic hydroxyl groups is 1. The molecule has 2 rings (SSSR count). The predicted molar refractivity (Wildman–Crippen MR) is 68.0 cm³/mol. The highest BCUT2D eigenvalue weighted by Crippen LogP contribution is 2.32. The second kappa shape index (κ2) is 5.62. The lowest BCUT2D eigenvalue weighted by atomic mass is 10.2. The molecular formula is C13H11FN2O4.